The van der Waals surface area contributed by atoms with Gasteiger partial charge in [0, 0.05) is 11.6 Å². The highest BCUT2D eigenvalue weighted by Crippen LogP contribution is 2.40. The molecule has 2 atom stereocenters. The van der Waals surface area contributed by atoms with Gasteiger partial charge in [-0.15, -0.1) is 23.4 Å². The summed E-state index contributed by atoms with van der Waals surface area (Å²) in [6, 6.07) is 6.52. The zero-order chi connectivity index (χ0) is 20.1. The van der Waals surface area contributed by atoms with Gasteiger partial charge in [-0.3, -0.25) is 14.5 Å². The summed E-state index contributed by atoms with van der Waals surface area (Å²) >= 11 is 7.19. The van der Waals surface area contributed by atoms with Crippen molar-refractivity contribution in [3.05, 3.63) is 53.3 Å². The smallest absolute Gasteiger partial charge is 0.355 e. The highest BCUT2D eigenvalue weighted by atomic mass is 35.5. The summed E-state index contributed by atoms with van der Waals surface area (Å²) in [6.07, 6.45) is 3.93. The fraction of sp³-hybridized carbons (Fsp3) is 0.316. The largest absolute Gasteiger partial charge is 0.497 e. The predicted octanol–water partition coefficient (Wildman–Crippen LogP) is 1.82. The Bertz CT molecular complexity index is 824. The lowest BCUT2D eigenvalue weighted by Crippen LogP contribution is -2.69. The molecule has 1 aromatic carbocycles. The number of carbonyl (C=O) groups excluding carboxylic acids is 3. The van der Waals surface area contributed by atoms with Gasteiger partial charge in [0.25, 0.3) is 5.91 Å². The van der Waals surface area contributed by atoms with E-state index in [0.717, 1.165) is 5.56 Å². The number of alkyl halides is 1. The number of fused-ring (bicyclic) bond motifs is 1. The van der Waals surface area contributed by atoms with Gasteiger partial charge < -0.3 is 14.8 Å². The van der Waals surface area contributed by atoms with Crippen LogP contribution in [0.4, 0.5) is 0 Å². The lowest BCUT2D eigenvalue weighted by Gasteiger charge is -2.49. The Morgan fingerprint density at radius 3 is 2.79 bits per heavy atom. The molecule has 0 aliphatic carbocycles. The monoisotopic (exact) mass is 422 g/mol. The normalized spacial score (nSPS) is 21.2. The third-order valence-corrected chi connectivity index (χ3v) is 5.86. The Morgan fingerprint density at radius 2 is 2.14 bits per heavy atom. The predicted molar refractivity (Wildman–Crippen MR) is 106 cm³/mol. The van der Waals surface area contributed by atoms with Gasteiger partial charge in [-0.1, -0.05) is 24.3 Å². The number of halogens is 1. The maximum atomic E-state index is 12.8. The lowest BCUT2D eigenvalue weighted by molar-refractivity contribution is -0.152. The fourth-order valence-corrected chi connectivity index (χ4v) is 4.40. The fourth-order valence-electron chi connectivity index (χ4n) is 2.98. The molecule has 0 radical (unpaired) electrons. The number of carbonyl (C=O) groups is 3. The number of hydrogen-bond acceptors (Lipinski definition) is 6. The van der Waals surface area contributed by atoms with Crippen LogP contribution in [0.2, 0.25) is 0 Å². The number of amides is 2. The first kappa shape index (κ1) is 20.3. The number of nitrogens with zero attached hydrogens (tertiary/aromatic N) is 1. The summed E-state index contributed by atoms with van der Waals surface area (Å²) in [5.74, 6) is 0.574. The van der Waals surface area contributed by atoms with Gasteiger partial charge in [-0.25, -0.2) is 4.79 Å². The highest BCUT2D eigenvalue weighted by Gasteiger charge is 2.53. The van der Waals surface area contributed by atoms with Gasteiger partial charge in [-0.2, -0.15) is 0 Å². The molecule has 2 amide bonds. The van der Waals surface area contributed by atoms with E-state index in [2.05, 4.69) is 5.32 Å². The van der Waals surface area contributed by atoms with Crippen LogP contribution in [0.25, 0.3) is 0 Å². The van der Waals surface area contributed by atoms with Crippen LogP contribution in [0.5, 0.6) is 5.75 Å². The van der Waals surface area contributed by atoms with Gasteiger partial charge >= 0.3 is 5.97 Å². The van der Waals surface area contributed by atoms with E-state index in [1.165, 1.54) is 16.7 Å². The zero-order valence-corrected chi connectivity index (χ0v) is 16.7. The molecule has 1 N–H and O–H groups in total. The Morgan fingerprint density at radius 1 is 1.39 bits per heavy atom. The van der Waals surface area contributed by atoms with Crippen LogP contribution in [0, 0.1) is 0 Å². The van der Waals surface area contributed by atoms with Crippen molar-refractivity contribution in [1.82, 2.24) is 10.2 Å². The maximum absolute atomic E-state index is 12.8. The number of benzene rings is 1. The Labute approximate surface area is 171 Å². The van der Waals surface area contributed by atoms with E-state index in [9.17, 15) is 14.4 Å². The Kier molecular flexibility index (Phi) is 6.64. The average Bonchev–Trinajstić information content (AvgIpc) is 2.73. The van der Waals surface area contributed by atoms with E-state index < -0.39 is 12.0 Å². The minimum atomic E-state index is -0.634. The van der Waals surface area contributed by atoms with Crippen molar-refractivity contribution < 1.29 is 23.9 Å². The molecule has 1 saturated heterocycles. The molecule has 7 nitrogen and oxygen atoms in total. The topological polar surface area (TPSA) is 84.9 Å². The molecule has 3 rings (SSSR count). The van der Waals surface area contributed by atoms with Crippen LogP contribution in [0.15, 0.2) is 47.7 Å². The first-order chi connectivity index (χ1) is 13.6. The van der Waals surface area contributed by atoms with Crippen molar-refractivity contribution in [3.8, 4) is 5.75 Å². The van der Waals surface area contributed by atoms with Crippen molar-refractivity contribution in [2.45, 2.75) is 18.0 Å². The van der Waals surface area contributed by atoms with Gasteiger partial charge in [0.2, 0.25) is 6.41 Å². The summed E-state index contributed by atoms with van der Waals surface area (Å²) in [5, 5.41) is 2.17. The van der Waals surface area contributed by atoms with Crippen molar-refractivity contribution >= 4 is 41.6 Å². The number of ether oxygens (including phenoxy) is 2. The van der Waals surface area contributed by atoms with Crippen molar-refractivity contribution in [2.24, 2.45) is 0 Å². The van der Waals surface area contributed by atoms with Gasteiger partial charge in [0.15, 0.2) is 0 Å². The van der Waals surface area contributed by atoms with E-state index >= 15 is 0 Å². The molecule has 28 heavy (non-hydrogen) atoms. The summed E-state index contributed by atoms with van der Waals surface area (Å²) < 4.78 is 10.6. The molecule has 1 fully saturated rings. The molecule has 0 spiro atoms. The second kappa shape index (κ2) is 9.16. The molecule has 148 valence electrons. The number of β-lactam (4-membered cyclic amide) rings is 1. The first-order valence-corrected chi connectivity index (χ1v) is 10.1. The minimum Gasteiger partial charge on any atom is -0.497 e. The van der Waals surface area contributed by atoms with Crippen LogP contribution in [-0.4, -0.2) is 53.3 Å². The van der Waals surface area contributed by atoms with Crippen molar-refractivity contribution in [1.29, 1.82) is 0 Å². The molecule has 9 heteroatoms. The van der Waals surface area contributed by atoms with E-state index in [0.29, 0.717) is 23.5 Å². The van der Waals surface area contributed by atoms with Crippen LogP contribution in [0.3, 0.4) is 0 Å². The molecule has 0 aromatic heterocycles. The van der Waals surface area contributed by atoms with Crippen LogP contribution < -0.4 is 10.1 Å². The zero-order valence-electron chi connectivity index (χ0n) is 15.1. The van der Waals surface area contributed by atoms with E-state index in [4.69, 9.17) is 21.1 Å². The van der Waals surface area contributed by atoms with Gasteiger partial charge in [-0.05, 0) is 23.3 Å². The summed E-state index contributed by atoms with van der Waals surface area (Å²) in [4.78, 5) is 37.4. The number of thioether (sulfide) groups is 1. The third kappa shape index (κ3) is 4.02. The minimum absolute atomic E-state index is 0.0642. The van der Waals surface area contributed by atoms with Crippen LogP contribution in [0.1, 0.15) is 5.56 Å². The highest BCUT2D eigenvalue weighted by molar-refractivity contribution is 8.00. The van der Waals surface area contributed by atoms with Gasteiger partial charge in [0.1, 0.15) is 29.5 Å². The Balaban J connectivity index is 1.78. The molecule has 2 heterocycles. The Hall–Kier alpha value is -2.45. The van der Waals surface area contributed by atoms with Crippen LogP contribution in [-0.2, 0) is 25.7 Å². The number of methoxy groups -OCH3 is 1. The van der Waals surface area contributed by atoms with E-state index in [1.807, 2.05) is 0 Å². The number of nitrogens with one attached hydrogen (secondary N) is 1. The quantitative estimate of drug-likeness (QED) is 0.298. The summed E-state index contributed by atoms with van der Waals surface area (Å²) in [5.41, 5.74) is 1.66. The van der Waals surface area contributed by atoms with Crippen molar-refractivity contribution in [3.63, 3.8) is 0 Å². The molecule has 0 saturated carbocycles. The van der Waals surface area contributed by atoms with E-state index in [-0.39, 0.29) is 29.5 Å². The second-order valence-electron chi connectivity index (χ2n) is 6.03. The molecule has 2 aliphatic rings. The number of rotatable bonds is 8. The van der Waals surface area contributed by atoms with E-state index in [1.54, 1.807) is 43.5 Å². The molecule has 1 aromatic rings. The number of hydrogen-bond donors (Lipinski definition) is 1. The number of allylic oxidation sites excluding steroid dienone is 2. The van der Waals surface area contributed by atoms with Gasteiger partial charge in [0.05, 0.1) is 7.11 Å². The summed E-state index contributed by atoms with van der Waals surface area (Å²) in [6.45, 7) is 0.0642. The first-order valence-electron chi connectivity index (χ1n) is 8.50. The standard InChI is InChI=1S/C19H19ClN2O5S/c1-26-14-6-4-12(5-7-14)9-27-19(25)16-13(3-2-8-20)10-28-18-15(21-11-23)17(24)22(16)18/h2-7,11,15,18H,8-10H2,1H3,(H,21,23)/b3-2+/t15-,18+/m1/s1. The number of esters is 1. The maximum Gasteiger partial charge on any atom is 0.355 e. The van der Waals surface area contributed by atoms with Crippen molar-refractivity contribution in [2.75, 3.05) is 18.7 Å². The second-order valence-corrected chi connectivity index (χ2v) is 7.44. The molecule has 2 aliphatic heterocycles. The SMILES string of the molecule is COc1ccc(COC(=O)C2=C(/C=C/CCl)CS[C@H]3[C@H](NC=O)C(=O)N23)cc1. The molecular formula is C19H19ClN2O5S. The molecule has 0 bridgehead atoms. The molecular weight excluding hydrogens is 404 g/mol. The average molecular weight is 423 g/mol. The van der Waals surface area contributed by atoms with Crippen LogP contribution >= 0.6 is 23.4 Å². The third-order valence-electron chi connectivity index (χ3n) is 4.38. The lowest BCUT2D eigenvalue weighted by atomic mass is 10.0. The summed E-state index contributed by atoms with van der Waals surface area (Å²) in [7, 11) is 1.58. The molecule has 0 unspecified atom stereocenters.